The lowest BCUT2D eigenvalue weighted by Crippen LogP contribution is -2.13. The van der Waals surface area contributed by atoms with E-state index in [-0.39, 0.29) is 10.4 Å². The molecule has 0 aliphatic carbocycles. The van der Waals surface area contributed by atoms with Crippen LogP contribution in [0.25, 0.3) is 0 Å². The molecule has 15 heavy (non-hydrogen) atoms. The third-order valence-electron chi connectivity index (χ3n) is 1.53. The standard InChI is InChI=1S/C8H6BrF3O2S/c1-2-14-7(13)5-4(8(10,11)12)3-15-6(5)9/h3H,2H2,1H3. The van der Waals surface area contributed by atoms with Crippen LogP contribution in [0.15, 0.2) is 9.17 Å². The molecule has 2 nitrogen and oxygen atoms in total. The van der Waals surface area contributed by atoms with Crippen molar-refractivity contribution in [1.29, 1.82) is 0 Å². The van der Waals surface area contributed by atoms with Crippen molar-refractivity contribution < 1.29 is 22.7 Å². The highest BCUT2D eigenvalue weighted by atomic mass is 79.9. The number of thiophene rings is 1. The topological polar surface area (TPSA) is 26.3 Å². The summed E-state index contributed by atoms with van der Waals surface area (Å²) >= 11 is 3.71. The van der Waals surface area contributed by atoms with Gasteiger partial charge >= 0.3 is 12.1 Å². The molecule has 1 aromatic heterocycles. The molecule has 0 unspecified atom stereocenters. The van der Waals surface area contributed by atoms with Crippen molar-refractivity contribution in [3.05, 3.63) is 20.3 Å². The first-order chi connectivity index (χ1) is 6.88. The van der Waals surface area contributed by atoms with Gasteiger partial charge in [0.15, 0.2) is 0 Å². The van der Waals surface area contributed by atoms with Gasteiger partial charge in [0.1, 0.15) is 0 Å². The molecule has 0 saturated heterocycles. The first-order valence-electron chi connectivity index (χ1n) is 3.89. The second kappa shape index (κ2) is 4.52. The molecular weight excluding hydrogens is 297 g/mol. The average Bonchev–Trinajstić information content (AvgIpc) is 2.46. The lowest BCUT2D eigenvalue weighted by Gasteiger charge is -2.07. The summed E-state index contributed by atoms with van der Waals surface area (Å²) in [4.78, 5) is 11.2. The molecule has 0 spiro atoms. The molecule has 0 radical (unpaired) electrons. The second-order valence-corrected chi connectivity index (χ2v) is 4.71. The Labute approximate surface area is 96.2 Å². The van der Waals surface area contributed by atoms with E-state index < -0.39 is 23.3 Å². The summed E-state index contributed by atoms with van der Waals surface area (Å²) in [6.45, 7) is 1.57. The van der Waals surface area contributed by atoms with Crippen molar-refractivity contribution in [1.82, 2.24) is 0 Å². The van der Waals surface area contributed by atoms with Gasteiger partial charge < -0.3 is 4.74 Å². The van der Waals surface area contributed by atoms with Crippen LogP contribution in [0.4, 0.5) is 13.2 Å². The molecule has 0 saturated carbocycles. The molecular formula is C8H6BrF3O2S. The van der Waals surface area contributed by atoms with Crippen LogP contribution < -0.4 is 0 Å². The largest absolute Gasteiger partial charge is 0.462 e. The van der Waals surface area contributed by atoms with Gasteiger partial charge in [0.25, 0.3) is 0 Å². The van der Waals surface area contributed by atoms with Gasteiger partial charge in [-0.2, -0.15) is 13.2 Å². The number of rotatable bonds is 2. The van der Waals surface area contributed by atoms with Gasteiger partial charge in [0, 0.05) is 5.38 Å². The van der Waals surface area contributed by atoms with Crippen LogP contribution in [0.1, 0.15) is 22.8 Å². The van der Waals surface area contributed by atoms with Gasteiger partial charge in [0.2, 0.25) is 0 Å². The van der Waals surface area contributed by atoms with E-state index in [0.717, 1.165) is 16.7 Å². The molecule has 0 N–H and O–H groups in total. The number of carbonyl (C=O) groups excluding carboxylic acids is 1. The Morgan fingerprint density at radius 2 is 2.20 bits per heavy atom. The van der Waals surface area contributed by atoms with Crippen LogP contribution in [0.3, 0.4) is 0 Å². The minimum absolute atomic E-state index is 0.0401. The van der Waals surface area contributed by atoms with E-state index in [0.29, 0.717) is 0 Å². The van der Waals surface area contributed by atoms with Gasteiger partial charge in [0.05, 0.1) is 21.5 Å². The Bertz CT molecular complexity index is 372. The van der Waals surface area contributed by atoms with Gasteiger partial charge in [-0.3, -0.25) is 0 Å². The fourth-order valence-electron chi connectivity index (χ4n) is 0.936. The lowest BCUT2D eigenvalue weighted by atomic mass is 10.2. The number of esters is 1. The highest BCUT2D eigenvalue weighted by Gasteiger charge is 2.38. The Balaban J connectivity index is 3.16. The first-order valence-corrected chi connectivity index (χ1v) is 5.56. The predicted molar refractivity (Wildman–Crippen MR) is 53.0 cm³/mol. The summed E-state index contributed by atoms with van der Waals surface area (Å²) < 4.78 is 42.0. The predicted octanol–water partition coefficient (Wildman–Crippen LogP) is 3.71. The summed E-state index contributed by atoms with van der Waals surface area (Å²) in [6, 6.07) is 0. The minimum atomic E-state index is -4.54. The molecule has 1 heterocycles. The fourth-order valence-corrected chi connectivity index (χ4v) is 2.38. The monoisotopic (exact) mass is 302 g/mol. The third-order valence-corrected chi connectivity index (χ3v) is 3.25. The number of halogens is 4. The number of alkyl halides is 3. The van der Waals surface area contributed by atoms with E-state index in [1.165, 1.54) is 6.92 Å². The van der Waals surface area contributed by atoms with Crippen LogP contribution in [0.2, 0.25) is 0 Å². The molecule has 84 valence electrons. The van der Waals surface area contributed by atoms with Crippen LogP contribution in [0.5, 0.6) is 0 Å². The molecule has 0 amide bonds. The summed E-state index contributed by atoms with van der Waals surface area (Å²) in [6.07, 6.45) is -4.54. The summed E-state index contributed by atoms with van der Waals surface area (Å²) in [5.74, 6) is -0.960. The van der Waals surface area contributed by atoms with E-state index >= 15 is 0 Å². The zero-order valence-corrected chi connectivity index (χ0v) is 9.92. The van der Waals surface area contributed by atoms with Crippen molar-refractivity contribution >= 4 is 33.2 Å². The number of hydrogen-bond donors (Lipinski definition) is 0. The van der Waals surface area contributed by atoms with E-state index in [9.17, 15) is 18.0 Å². The van der Waals surface area contributed by atoms with E-state index in [4.69, 9.17) is 0 Å². The molecule has 0 atom stereocenters. The van der Waals surface area contributed by atoms with Crippen molar-refractivity contribution in [3.63, 3.8) is 0 Å². The number of ether oxygens (including phenoxy) is 1. The molecule has 1 aromatic rings. The van der Waals surface area contributed by atoms with Crippen LogP contribution in [-0.2, 0) is 10.9 Å². The second-order valence-electron chi connectivity index (χ2n) is 2.52. The summed E-state index contributed by atoms with van der Waals surface area (Å²) in [5, 5.41) is 0.885. The molecule has 7 heteroatoms. The Morgan fingerprint density at radius 3 is 2.67 bits per heavy atom. The lowest BCUT2D eigenvalue weighted by molar-refractivity contribution is -0.137. The van der Waals surface area contributed by atoms with E-state index in [1.54, 1.807) is 0 Å². The van der Waals surface area contributed by atoms with Gasteiger partial charge in [-0.15, -0.1) is 11.3 Å². The summed E-state index contributed by atoms with van der Waals surface area (Å²) in [5.41, 5.74) is -1.41. The average molecular weight is 303 g/mol. The maximum atomic E-state index is 12.4. The van der Waals surface area contributed by atoms with Crippen LogP contribution in [-0.4, -0.2) is 12.6 Å². The minimum Gasteiger partial charge on any atom is -0.462 e. The van der Waals surface area contributed by atoms with E-state index in [2.05, 4.69) is 20.7 Å². The maximum Gasteiger partial charge on any atom is 0.418 e. The SMILES string of the molecule is CCOC(=O)c1c(C(F)(F)F)csc1Br. The van der Waals surface area contributed by atoms with Crippen molar-refractivity contribution in [3.8, 4) is 0 Å². The smallest absolute Gasteiger partial charge is 0.418 e. The fraction of sp³-hybridized carbons (Fsp3) is 0.375. The molecule has 0 aliphatic rings. The Hall–Kier alpha value is -0.560. The molecule has 0 fully saturated rings. The number of carbonyl (C=O) groups is 1. The Kier molecular flexibility index (Phi) is 3.77. The van der Waals surface area contributed by atoms with Crippen molar-refractivity contribution in [2.75, 3.05) is 6.61 Å². The summed E-state index contributed by atoms with van der Waals surface area (Å²) in [7, 11) is 0. The molecule has 0 aliphatic heterocycles. The third kappa shape index (κ3) is 2.72. The van der Waals surface area contributed by atoms with Gasteiger partial charge in [-0.05, 0) is 22.9 Å². The Morgan fingerprint density at radius 1 is 1.60 bits per heavy atom. The zero-order valence-electron chi connectivity index (χ0n) is 7.52. The normalized spacial score (nSPS) is 11.5. The molecule has 0 aromatic carbocycles. The zero-order chi connectivity index (χ0) is 11.6. The van der Waals surface area contributed by atoms with Crippen LogP contribution >= 0.6 is 27.3 Å². The van der Waals surface area contributed by atoms with Gasteiger partial charge in [-0.25, -0.2) is 4.79 Å². The van der Waals surface area contributed by atoms with Crippen LogP contribution in [0, 0.1) is 0 Å². The maximum absolute atomic E-state index is 12.4. The highest BCUT2D eigenvalue weighted by molar-refractivity contribution is 9.11. The first kappa shape index (κ1) is 12.5. The van der Waals surface area contributed by atoms with E-state index in [1.807, 2.05) is 0 Å². The van der Waals surface area contributed by atoms with Gasteiger partial charge in [-0.1, -0.05) is 0 Å². The molecule has 1 rings (SSSR count). The molecule has 0 bridgehead atoms. The highest BCUT2D eigenvalue weighted by Crippen LogP contribution is 2.39. The van der Waals surface area contributed by atoms with Crippen molar-refractivity contribution in [2.45, 2.75) is 13.1 Å². The van der Waals surface area contributed by atoms with Crippen molar-refractivity contribution in [2.24, 2.45) is 0 Å². The quantitative estimate of drug-likeness (QED) is 0.779. The number of hydrogen-bond acceptors (Lipinski definition) is 3.